The van der Waals surface area contributed by atoms with E-state index in [1.54, 1.807) is 12.1 Å². The molecule has 5 nitrogen and oxygen atoms in total. The third kappa shape index (κ3) is 2.61. The number of aryl methyl sites for hydroxylation is 1. The molecule has 1 aromatic rings. The molecule has 0 saturated carbocycles. The predicted molar refractivity (Wildman–Crippen MR) is 71.0 cm³/mol. The molecule has 0 aromatic heterocycles. The average molecular weight is 274 g/mol. The Bertz CT molecular complexity index is 597. The van der Waals surface area contributed by atoms with E-state index in [1.165, 1.54) is 6.08 Å². The van der Waals surface area contributed by atoms with Gasteiger partial charge in [0, 0.05) is 0 Å². The first-order valence-corrected chi connectivity index (χ1v) is 6.17. The molecule has 0 amide bonds. The zero-order valence-corrected chi connectivity index (χ0v) is 10.9. The van der Waals surface area contributed by atoms with Crippen molar-refractivity contribution in [2.45, 2.75) is 13.3 Å². The Labute approximate surface area is 115 Å². The zero-order chi connectivity index (χ0) is 14.9. The van der Waals surface area contributed by atoms with Gasteiger partial charge in [0.1, 0.15) is 5.92 Å². The van der Waals surface area contributed by atoms with E-state index in [9.17, 15) is 14.4 Å². The summed E-state index contributed by atoms with van der Waals surface area (Å²) in [5.74, 6) is -6.03. The number of benzene rings is 1. The number of aliphatic carboxylic acids is 2. The predicted octanol–water partition coefficient (Wildman–Crippen LogP) is 1.75. The van der Waals surface area contributed by atoms with Crippen molar-refractivity contribution < 1.29 is 24.6 Å². The highest BCUT2D eigenvalue weighted by Crippen LogP contribution is 2.33. The summed E-state index contributed by atoms with van der Waals surface area (Å²) >= 11 is 0. The van der Waals surface area contributed by atoms with Crippen LogP contribution in [-0.4, -0.2) is 27.9 Å². The van der Waals surface area contributed by atoms with E-state index in [-0.39, 0.29) is 6.42 Å². The lowest BCUT2D eigenvalue weighted by molar-refractivity contribution is -0.156. The van der Waals surface area contributed by atoms with Crippen molar-refractivity contribution in [3.63, 3.8) is 0 Å². The Morgan fingerprint density at radius 3 is 2.20 bits per heavy atom. The van der Waals surface area contributed by atoms with Crippen LogP contribution in [0.25, 0.3) is 5.57 Å². The van der Waals surface area contributed by atoms with Gasteiger partial charge in [0.15, 0.2) is 5.78 Å². The van der Waals surface area contributed by atoms with E-state index in [0.29, 0.717) is 5.57 Å². The van der Waals surface area contributed by atoms with E-state index in [0.717, 1.165) is 11.1 Å². The van der Waals surface area contributed by atoms with Gasteiger partial charge >= 0.3 is 11.9 Å². The van der Waals surface area contributed by atoms with Crippen molar-refractivity contribution in [3.05, 3.63) is 41.5 Å². The van der Waals surface area contributed by atoms with Gasteiger partial charge in [-0.25, -0.2) is 0 Å². The maximum atomic E-state index is 11.9. The summed E-state index contributed by atoms with van der Waals surface area (Å²) < 4.78 is 0. The topological polar surface area (TPSA) is 91.7 Å². The Kier molecular flexibility index (Phi) is 3.70. The molecule has 1 aliphatic carbocycles. The van der Waals surface area contributed by atoms with E-state index >= 15 is 0 Å². The first-order valence-electron chi connectivity index (χ1n) is 6.17. The van der Waals surface area contributed by atoms with E-state index in [2.05, 4.69) is 0 Å². The van der Waals surface area contributed by atoms with Crippen LogP contribution in [0.5, 0.6) is 0 Å². The number of ketones is 1. The Morgan fingerprint density at radius 1 is 1.10 bits per heavy atom. The molecule has 0 aliphatic heterocycles. The van der Waals surface area contributed by atoms with Crippen LogP contribution in [0.3, 0.4) is 0 Å². The molecular weight excluding hydrogens is 260 g/mol. The molecule has 2 unspecified atom stereocenters. The maximum Gasteiger partial charge on any atom is 0.315 e. The fraction of sp³-hybridized carbons (Fsp3) is 0.267. The van der Waals surface area contributed by atoms with Crippen LogP contribution in [0.15, 0.2) is 30.3 Å². The van der Waals surface area contributed by atoms with Crippen LogP contribution in [-0.2, 0) is 14.4 Å². The van der Waals surface area contributed by atoms with Crippen LogP contribution < -0.4 is 0 Å². The lowest BCUT2D eigenvalue weighted by Crippen LogP contribution is -2.37. The molecule has 1 aromatic carbocycles. The first kappa shape index (κ1) is 14.0. The second-order valence-corrected chi connectivity index (χ2v) is 4.90. The summed E-state index contributed by atoms with van der Waals surface area (Å²) in [5, 5.41) is 18.1. The fourth-order valence-corrected chi connectivity index (χ4v) is 2.37. The highest BCUT2D eigenvalue weighted by molar-refractivity contribution is 6.12. The number of carboxylic acids is 2. The lowest BCUT2D eigenvalue weighted by Gasteiger charge is -2.24. The van der Waals surface area contributed by atoms with Crippen molar-refractivity contribution in [1.82, 2.24) is 0 Å². The van der Waals surface area contributed by atoms with Crippen LogP contribution in [0.1, 0.15) is 17.5 Å². The standard InChI is InChI=1S/C15H14O5/c1-8-2-4-9(5-3-8)10-6-11(14(17)18)13(15(19)20)12(16)7-10/h2-5,7,11,13H,6H2,1H3,(H,17,18)(H,19,20). The van der Waals surface area contributed by atoms with Gasteiger partial charge in [0.25, 0.3) is 0 Å². The minimum absolute atomic E-state index is 0.0428. The van der Waals surface area contributed by atoms with Gasteiger partial charge < -0.3 is 10.2 Å². The van der Waals surface area contributed by atoms with Gasteiger partial charge in [0.05, 0.1) is 5.92 Å². The van der Waals surface area contributed by atoms with E-state index in [1.807, 2.05) is 19.1 Å². The number of carbonyl (C=O) groups excluding carboxylic acids is 1. The van der Waals surface area contributed by atoms with Gasteiger partial charge in [0.2, 0.25) is 0 Å². The van der Waals surface area contributed by atoms with Gasteiger partial charge in [-0.2, -0.15) is 0 Å². The van der Waals surface area contributed by atoms with Crippen LogP contribution in [0.2, 0.25) is 0 Å². The summed E-state index contributed by atoms with van der Waals surface area (Å²) in [6.07, 6.45) is 1.30. The van der Waals surface area contributed by atoms with Crippen molar-refractivity contribution in [2.24, 2.45) is 11.8 Å². The molecule has 0 saturated heterocycles. The maximum absolute atomic E-state index is 11.9. The van der Waals surface area contributed by atoms with Gasteiger partial charge in [-0.1, -0.05) is 29.8 Å². The summed E-state index contributed by atoms with van der Waals surface area (Å²) in [6, 6.07) is 7.32. The molecule has 20 heavy (non-hydrogen) atoms. The monoisotopic (exact) mass is 274 g/mol. The average Bonchev–Trinajstić information content (AvgIpc) is 2.37. The highest BCUT2D eigenvalue weighted by atomic mass is 16.4. The minimum atomic E-state index is -1.50. The van der Waals surface area contributed by atoms with Crippen LogP contribution >= 0.6 is 0 Å². The smallest absolute Gasteiger partial charge is 0.315 e. The molecule has 2 rings (SSSR count). The Balaban J connectivity index is 2.40. The van der Waals surface area contributed by atoms with Crippen LogP contribution in [0, 0.1) is 18.8 Å². The second kappa shape index (κ2) is 5.28. The number of allylic oxidation sites excluding steroid dienone is 2. The molecular formula is C15H14O5. The molecule has 2 atom stereocenters. The number of carboxylic acid groups (broad SMARTS) is 2. The lowest BCUT2D eigenvalue weighted by atomic mass is 9.77. The third-order valence-corrected chi connectivity index (χ3v) is 3.47. The van der Waals surface area contributed by atoms with Crippen molar-refractivity contribution >= 4 is 23.3 Å². The summed E-state index contributed by atoms with van der Waals surface area (Å²) in [6.45, 7) is 1.92. The summed E-state index contributed by atoms with van der Waals surface area (Å²) in [4.78, 5) is 34.1. The molecule has 0 heterocycles. The zero-order valence-electron chi connectivity index (χ0n) is 10.9. The van der Waals surface area contributed by atoms with E-state index in [4.69, 9.17) is 10.2 Å². The molecule has 0 radical (unpaired) electrons. The molecule has 0 bridgehead atoms. The van der Waals surface area contributed by atoms with Gasteiger partial charge in [-0.3, -0.25) is 14.4 Å². The van der Waals surface area contributed by atoms with Crippen LogP contribution in [0.4, 0.5) is 0 Å². The SMILES string of the molecule is Cc1ccc(C2=CC(=O)C(C(=O)O)C(C(=O)O)C2)cc1. The van der Waals surface area contributed by atoms with Gasteiger partial charge in [-0.15, -0.1) is 0 Å². The Morgan fingerprint density at radius 2 is 1.70 bits per heavy atom. The largest absolute Gasteiger partial charge is 0.481 e. The molecule has 2 N–H and O–H groups in total. The molecule has 0 spiro atoms. The second-order valence-electron chi connectivity index (χ2n) is 4.90. The van der Waals surface area contributed by atoms with Crippen molar-refractivity contribution in [3.8, 4) is 0 Å². The van der Waals surface area contributed by atoms with Gasteiger partial charge in [-0.05, 0) is 30.6 Å². The van der Waals surface area contributed by atoms with Crippen molar-refractivity contribution in [1.29, 1.82) is 0 Å². The van der Waals surface area contributed by atoms with E-state index < -0.39 is 29.6 Å². The number of rotatable bonds is 3. The fourth-order valence-electron chi connectivity index (χ4n) is 2.37. The third-order valence-electron chi connectivity index (χ3n) is 3.47. The number of hydrogen-bond donors (Lipinski definition) is 2. The summed E-state index contributed by atoms with van der Waals surface area (Å²) in [7, 11) is 0. The van der Waals surface area contributed by atoms with Crippen molar-refractivity contribution in [2.75, 3.05) is 0 Å². The summed E-state index contributed by atoms with van der Waals surface area (Å²) in [5.41, 5.74) is 2.37. The molecule has 0 fully saturated rings. The number of hydrogen-bond acceptors (Lipinski definition) is 3. The molecule has 5 heteroatoms. The Hall–Kier alpha value is -2.43. The minimum Gasteiger partial charge on any atom is -0.481 e. The quantitative estimate of drug-likeness (QED) is 0.819. The first-order chi connectivity index (χ1) is 9.40. The molecule has 1 aliphatic rings. The molecule has 104 valence electrons. The number of carbonyl (C=O) groups is 3. The normalized spacial score (nSPS) is 22.2. The highest BCUT2D eigenvalue weighted by Gasteiger charge is 2.41.